The molecule has 6 atom stereocenters. The SMILES string of the molecule is CC(C)NCCCC(=O)CCC(=O)N1C[C@H](C)C[C@H]1COP(=O)(O)O[C@H]1CC(C(=O)CCCNC(C)C)[C@H](COC(C)C)C1. The fraction of sp³-hybridized carbons (Fsp3) is 0.906. The molecule has 44 heavy (non-hydrogen) atoms. The molecule has 0 spiro atoms. The van der Waals surface area contributed by atoms with Crippen molar-refractivity contribution in [3.63, 3.8) is 0 Å². The minimum atomic E-state index is -4.44. The Kier molecular flexibility index (Phi) is 17.2. The molecule has 1 amide bonds. The number of nitrogens with zero attached hydrogens (tertiary/aromatic N) is 1. The minimum absolute atomic E-state index is 0.0119. The lowest BCUT2D eigenvalue weighted by molar-refractivity contribution is -0.134. The van der Waals surface area contributed by atoms with Gasteiger partial charge in [-0.05, 0) is 70.9 Å². The van der Waals surface area contributed by atoms with Gasteiger partial charge in [0, 0.05) is 50.2 Å². The number of phosphoric acid groups is 1. The Balaban J connectivity index is 1.87. The lowest BCUT2D eigenvalue weighted by atomic mass is 9.90. The first kappa shape index (κ1) is 39.0. The van der Waals surface area contributed by atoms with E-state index in [1.165, 1.54) is 0 Å². The summed E-state index contributed by atoms with van der Waals surface area (Å²) in [7, 11) is -4.44. The van der Waals surface area contributed by atoms with Gasteiger partial charge in [-0.1, -0.05) is 34.6 Å². The van der Waals surface area contributed by atoms with Gasteiger partial charge in [-0.15, -0.1) is 0 Å². The molecule has 1 aliphatic carbocycles. The van der Waals surface area contributed by atoms with Gasteiger partial charge >= 0.3 is 7.82 Å². The number of hydrogen-bond acceptors (Lipinski definition) is 9. The van der Waals surface area contributed by atoms with Crippen LogP contribution in [0.4, 0.5) is 0 Å². The number of amides is 1. The highest BCUT2D eigenvalue weighted by Crippen LogP contribution is 2.50. The monoisotopic (exact) mass is 645 g/mol. The summed E-state index contributed by atoms with van der Waals surface area (Å²) in [4.78, 5) is 50.7. The van der Waals surface area contributed by atoms with E-state index in [2.05, 4.69) is 38.3 Å². The van der Waals surface area contributed by atoms with Gasteiger partial charge in [0.2, 0.25) is 5.91 Å². The number of carbonyl (C=O) groups excluding carboxylic acids is 3. The number of carbonyl (C=O) groups is 3. The van der Waals surface area contributed by atoms with Crippen LogP contribution in [0.25, 0.3) is 0 Å². The molecule has 2 aliphatic rings. The van der Waals surface area contributed by atoms with Crippen LogP contribution < -0.4 is 10.6 Å². The number of Topliss-reactive ketones (excluding diaryl/α,β-unsaturated/α-hetero) is 2. The van der Waals surface area contributed by atoms with E-state index in [1.807, 2.05) is 20.8 Å². The Labute approximate surface area is 265 Å². The van der Waals surface area contributed by atoms with E-state index in [1.54, 1.807) is 4.90 Å². The van der Waals surface area contributed by atoms with E-state index in [4.69, 9.17) is 13.8 Å². The van der Waals surface area contributed by atoms with Crippen LogP contribution in [-0.2, 0) is 32.7 Å². The van der Waals surface area contributed by atoms with Gasteiger partial charge in [-0.2, -0.15) is 0 Å². The third-order valence-electron chi connectivity index (χ3n) is 8.32. The second-order valence-corrected chi connectivity index (χ2v) is 15.1. The Morgan fingerprint density at radius 2 is 1.52 bits per heavy atom. The summed E-state index contributed by atoms with van der Waals surface area (Å²) in [5, 5.41) is 6.61. The lowest BCUT2D eigenvalue weighted by Gasteiger charge is -2.26. The molecule has 1 saturated heterocycles. The maximum absolute atomic E-state index is 13.1. The number of ether oxygens (including phenoxy) is 1. The predicted molar refractivity (Wildman–Crippen MR) is 171 cm³/mol. The largest absolute Gasteiger partial charge is 0.472 e. The molecule has 1 aliphatic heterocycles. The highest BCUT2D eigenvalue weighted by Gasteiger charge is 2.43. The van der Waals surface area contributed by atoms with Crippen LogP contribution in [0, 0.1) is 17.8 Å². The minimum Gasteiger partial charge on any atom is -0.378 e. The normalized spacial score (nSPS) is 25.3. The van der Waals surface area contributed by atoms with Crippen molar-refractivity contribution < 1.29 is 37.6 Å². The number of hydrogen-bond donors (Lipinski definition) is 3. The molecule has 2 unspecified atom stereocenters. The fourth-order valence-electron chi connectivity index (χ4n) is 6.10. The van der Waals surface area contributed by atoms with Gasteiger partial charge in [0.1, 0.15) is 11.6 Å². The van der Waals surface area contributed by atoms with Crippen LogP contribution >= 0.6 is 7.82 Å². The zero-order valence-electron chi connectivity index (χ0n) is 28.2. The Morgan fingerprint density at radius 3 is 2.14 bits per heavy atom. The van der Waals surface area contributed by atoms with Gasteiger partial charge in [0.15, 0.2) is 0 Å². The average Bonchev–Trinajstić information content (AvgIpc) is 3.51. The number of likely N-dealkylation sites (tertiary alicyclic amines) is 1. The summed E-state index contributed by atoms with van der Waals surface area (Å²) in [6.07, 6.45) is 3.51. The summed E-state index contributed by atoms with van der Waals surface area (Å²) < 4.78 is 29.9. The number of rotatable bonds is 22. The Morgan fingerprint density at radius 1 is 0.886 bits per heavy atom. The van der Waals surface area contributed by atoms with Crippen molar-refractivity contribution in [2.24, 2.45) is 17.8 Å². The van der Waals surface area contributed by atoms with Crippen LogP contribution in [-0.4, -0.2) is 90.4 Å². The number of ketones is 2. The van der Waals surface area contributed by atoms with Gasteiger partial charge in [0.05, 0.1) is 31.5 Å². The summed E-state index contributed by atoms with van der Waals surface area (Å²) in [5.41, 5.74) is 0. The molecular formula is C32H60N3O8P. The second-order valence-electron chi connectivity index (χ2n) is 13.7. The topological polar surface area (TPSA) is 144 Å². The number of nitrogens with one attached hydrogen (secondary N) is 2. The summed E-state index contributed by atoms with van der Waals surface area (Å²) in [6, 6.07) is 0.362. The number of phosphoric ester groups is 1. The van der Waals surface area contributed by atoms with Crippen molar-refractivity contribution in [2.45, 2.75) is 137 Å². The average molecular weight is 646 g/mol. The Bertz CT molecular complexity index is 946. The van der Waals surface area contributed by atoms with Crippen LogP contribution in [0.1, 0.15) is 106 Å². The molecule has 11 nitrogen and oxygen atoms in total. The molecule has 0 bridgehead atoms. The van der Waals surface area contributed by atoms with E-state index >= 15 is 0 Å². The van der Waals surface area contributed by atoms with Crippen molar-refractivity contribution in [1.29, 1.82) is 0 Å². The van der Waals surface area contributed by atoms with Gasteiger partial charge < -0.3 is 25.2 Å². The summed E-state index contributed by atoms with van der Waals surface area (Å²) in [5.74, 6) is -0.119. The van der Waals surface area contributed by atoms with E-state index in [0.717, 1.165) is 25.9 Å². The Hall–Kier alpha value is -1.20. The van der Waals surface area contributed by atoms with Crippen molar-refractivity contribution in [2.75, 3.05) is 32.8 Å². The van der Waals surface area contributed by atoms with Crippen LogP contribution in [0.3, 0.4) is 0 Å². The molecule has 3 N–H and O–H groups in total. The quantitative estimate of drug-likeness (QED) is 0.112. The van der Waals surface area contributed by atoms with Crippen molar-refractivity contribution in [3.05, 3.63) is 0 Å². The van der Waals surface area contributed by atoms with Crippen LogP contribution in [0.5, 0.6) is 0 Å². The maximum Gasteiger partial charge on any atom is 0.472 e. The van der Waals surface area contributed by atoms with E-state index in [-0.39, 0.29) is 66.8 Å². The molecule has 0 aromatic carbocycles. The van der Waals surface area contributed by atoms with E-state index in [0.29, 0.717) is 57.3 Å². The third kappa shape index (κ3) is 14.9. The molecule has 256 valence electrons. The molecule has 1 heterocycles. The smallest absolute Gasteiger partial charge is 0.378 e. The van der Waals surface area contributed by atoms with Crippen LogP contribution in [0.2, 0.25) is 0 Å². The second kappa shape index (κ2) is 19.5. The summed E-state index contributed by atoms with van der Waals surface area (Å²) in [6.45, 7) is 16.5. The third-order valence-corrected chi connectivity index (χ3v) is 9.36. The van der Waals surface area contributed by atoms with Crippen molar-refractivity contribution in [1.82, 2.24) is 15.5 Å². The molecule has 2 rings (SSSR count). The fourth-order valence-corrected chi connectivity index (χ4v) is 7.07. The molecule has 0 radical (unpaired) electrons. The van der Waals surface area contributed by atoms with Gasteiger partial charge in [0.25, 0.3) is 0 Å². The first-order valence-electron chi connectivity index (χ1n) is 16.7. The van der Waals surface area contributed by atoms with E-state index < -0.39 is 13.9 Å². The first-order chi connectivity index (χ1) is 20.7. The molecule has 0 aromatic rings. The summed E-state index contributed by atoms with van der Waals surface area (Å²) >= 11 is 0. The van der Waals surface area contributed by atoms with Crippen molar-refractivity contribution >= 4 is 25.3 Å². The molecular weight excluding hydrogens is 585 g/mol. The molecule has 1 saturated carbocycles. The zero-order chi connectivity index (χ0) is 32.9. The predicted octanol–water partition coefficient (Wildman–Crippen LogP) is 4.65. The molecule has 12 heteroatoms. The van der Waals surface area contributed by atoms with Crippen LogP contribution in [0.15, 0.2) is 0 Å². The first-order valence-corrected chi connectivity index (χ1v) is 18.2. The van der Waals surface area contributed by atoms with Crippen molar-refractivity contribution in [3.8, 4) is 0 Å². The molecule has 2 fully saturated rings. The molecule has 0 aromatic heterocycles. The van der Waals surface area contributed by atoms with E-state index in [9.17, 15) is 23.8 Å². The lowest BCUT2D eigenvalue weighted by Crippen LogP contribution is -2.38. The zero-order valence-corrected chi connectivity index (χ0v) is 29.1. The highest BCUT2D eigenvalue weighted by molar-refractivity contribution is 7.47. The maximum atomic E-state index is 13.1. The highest BCUT2D eigenvalue weighted by atomic mass is 31.2. The van der Waals surface area contributed by atoms with Gasteiger partial charge in [-0.3, -0.25) is 23.4 Å². The standard InChI is InChI=1S/C32H60N3O8P/c1-22(2)33-14-8-10-28(36)12-13-32(38)35-19-25(7)16-27(35)21-42-44(39,40)43-29-17-26(20-41-24(5)6)30(18-29)31(37)11-9-15-34-23(3)4/h22-27,29-30,33-34H,8-21H2,1-7H3,(H,39,40)/t25-,26+,27+,29-,30?/m1/s1. The van der Waals surface area contributed by atoms with Gasteiger partial charge in [-0.25, -0.2) is 4.57 Å².